The van der Waals surface area contributed by atoms with Crippen LogP contribution in [-0.2, 0) is 6.54 Å². The summed E-state index contributed by atoms with van der Waals surface area (Å²) < 4.78 is 0. The maximum atomic E-state index is 6.47. The third-order valence-corrected chi connectivity index (χ3v) is 3.81. The van der Waals surface area contributed by atoms with Gasteiger partial charge in [0.1, 0.15) is 0 Å². The molecule has 1 nitrogen and oxygen atoms in total. The van der Waals surface area contributed by atoms with Crippen LogP contribution in [0.4, 0.5) is 0 Å². The summed E-state index contributed by atoms with van der Waals surface area (Å²) in [7, 11) is 1.94. The lowest BCUT2D eigenvalue weighted by atomic mass is 9.97. The third kappa shape index (κ3) is 2.43. The fourth-order valence-electron chi connectivity index (χ4n) is 2.55. The third-order valence-electron chi connectivity index (χ3n) is 3.49. The van der Waals surface area contributed by atoms with Crippen molar-refractivity contribution in [3.05, 3.63) is 71.2 Å². The first-order chi connectivity index (χ1) is 9.79. The molecule has 2 heteroatoms. The van der Waals surface area contributed by atoms with Gasteiger partial charge < -0.3 is 5.32 Å². The number of nitrogens with one attached hydrogen (secondary N) is 1. The van der Waals surface area contributed by atoms with Crippen LogP contribution in [0.5, 0.6) is 0 Å². The van der Waals surface area contributed by atoms with Gasteiger partial charge in [-0.15, -0.1) is 0 Å². The Bertz CT molecular complexity index is 744. The van der Waals surface area contributed by atoms with E-state index >= 15 is 0 Å². The van der Waals surface area contributed by atoms with Crippen LogP contribution in [0.3, 0.4) is 0 Å². The Hall–Kier alpha value is -1.83. The highest BCUT2D eigenvalue weighted by Gasteiger charge is 2.07. The first-order valence-electron chi connectivity index (χ1n) is 6.71. The van der Waals surface area contributed by atoms with Gasteiger partial charge in [-0.2, -0.15) is 0 Å². The van der Waals surface area contributed by atoms with Gasteiger partial charge in [0, 0.05) is 17.1 Å². The number of fused-ring (bicyclic) bond motifs is 1. The van der Waals surface area contributed by atoms with Crippen LogP contribution in [0.2, 0.25) is 5.02 Å². The van der Waals surface area contributed by atoms with E-state index in [4.69, 9.17) is 11.6 Å². The topological polar surface area (TPSA) is 12.0 Å². The van der Waals surface area contributed by atoms with Crippen LogP contribution in [0.1, 0.15) is 5.56 Å². The number of benzene rings is 3. The summed E-state index contributed by atoms with van der Waals surface area (Å²) in [4.78, 5) is 0. The monoisotopic (exact) mass is 281 g/mol. The van der Waals surface area contributed by atoms with Gasteiger partial charge in [0.25, 0.3) is 0 Å². The molecule has 0 aliphatic heterocycles. The molecule has 0 saturated carbocycles. The molecule has 0 bridgehead atoms. The molecule has 0 aliphatic carbocycles. The normalized spacial score (nSPS) is 10.9. The van der Waals surface area contributed by atoms with Crippen molar-refractivity contribution in [2.24, 2.45) is 0 Å². The van der Waals surface area contributed by atoms with Crippen molar-refractivity contribution < 1.29 is 0 Å². The zero-order valence-electron chi connectivity index (χ0n) is 11.4. The van der Waals surface area contributed by atoms with E-state index in [1.807, 2.05) is 13.1 Å². The molecule has 0 amide bonds. The molecule has 100 valence electrons. The van der Waals surface area contributed by atoms with E-state index in [1.165, 1.54) is 21.9 Å². The second kappa shape index (κ2) is 5.66. The van der Waals surface area contributed by atoms with Crippen LogP contribution in [0, 0.1) is 0 Å². The molecule has 3 rings (SSSR count). The fourth-order valence-corrected chi connectivity index (χ4v) is 2.86. The number of halogens is 1. The molecule has 20 heavy (non-hydrogen) atoms. The van der Waals surface area contributed by atoms with Gasteiger partial charge in [-0.1, -0.05) is 66.2 Å². The highest BCUT2D eigenvalue weighted by atomic mass is 35.5. The summed E-state index contributed by atoms with van der Waals surface area (Å²) in [5.41, 5.74) is 3.47. The predicted molar refractivity (Wildman–Crippen MR) is 87.2 cm³/mol. The maximum Gasteiger partial charge on any atom is 0.0487 e. The summed E-state index contributed by atoms with van der Waals surface area (Å²) in [5, 5.41) is 6.41. The second-order valence-electron chi connectivity index (χ2n) is 4.87. The molecule has 0 heterocycles. The van der Waals surface area contributed by atoms with Gasteiger partial charge in [-0.3, -0.25) is 0 Å². The van der Waals surface area contributed by atoms with Crippen molar-refractivity contribution in [2.75, 3.05) is 7.05 Å². The molecule has 0 unspecified atom stereocenters. The molecule has 0 aliphatic rings. The van der Waals surface area contributed by atoms with E-state index in [1.54, 1.807) is 0 Å². The molecule has 3 aromatic rings. The minimum atomic E-state index is 0.800. The maximum absolute atomic E-state index is 6.47. The molecule has 0 atom stereocenters. The van der Waals surface area contributed by atoms with Crippen molar-refractivity contribution in [1.82, 2.24) is 5.32 Å². The van der Waals surface area contributed by atoms with E-state index in [9.17, 15) is 0 Å². The van der Waals surface area contributed by atoms with E-state index in [0.29, 0.717) is 0 Å². The summed E-state index contributed by atoms with van der Waals surface area (Å²) in [6.45, 7) is 0.829. The Balaban J connectivity index is 2.16. The van der Waals surface area contributed by atoms with Gasteiger partial charge in [-0.25, -0.2) is 0 Å². The molecule has 0 saturated heterocycles. The Morgan fingerprint density at radius 3 is 2.50 bits per heavy atom. The predicted octanol–water partition coefficient (Wildman–Crippen LogP) is 4.88. The van der Waals surface area contributed by atoms with Crippen LogP contribution in [0.25, 0.3) is 21.9 Å². The number of hydrogen-bond acceptors (Lipinski definition) is 1. The van der Waals surface area contributed by atoms with Crippen molar-refractivity contribution >= 4 is 22.4 Å². The van der Waals surface area contributed by atoms with Crippen LogP contribution >= 0.6 is 11.6 Å². The molecular formula is C18H16ClN. The van der Waals surface area contributed by atoms with Crippen molar-refractivity contribution in [3.63, 3.8) is 0 Å². The van der Waals surface area contributed by atoms with Gasteiger partial charge in [-0.05, 0) is 35.0 Å². The average Bonchev–Trinajstić information content (AvgIpc) is 2.47. The number of rotatable bonds is 3. The highest BCUT2D eigenvalue weighted by Crippen LogP contribution is 2.33. The Morgan fingerprint density at radius 1 is 0.900 bits per heavy atom. The number of hydrogen-bond donors (Lipinski definition) is 1. The molecule has 1 N–H and O–H groups in total. The first kappa shape index (κ1) is 13.2. The zero-order chi connectivity index (χ0) is 13.9. The zero-order valence-corrected chi connectivity index (χ0v) is 12.1. The quantitative estimate of drug-likeness (QED) is 0.721. The largest absolute Gasteiger partial charge is 0.316 e. The summed E-state index contributed by atoms with van der Waals surface area (Å²) in [5.74, 6) is 0. The molecular weight excluding hydrogens is 266 g/mol. The average molecular weight is 282 g/mol. The van der Waals surface area contributed by atoms with E-state index in [-0.39, 0.29) is 0 Å². The lowest BCUT2D eigenvalue weighted by Crippen LogP contribution is -2.04. The summed E-state index contributed by atoms with van der Waals surface area (Å²) >= 11 is 6.47. The second-order valence-corrected chi connectivity index (χ2v) is 5.28. The Morgan fingerprint density at radius 2 is 1.70 bits per heavy atom. The molecule has 0 aromatic heterocycles. The fraction of sp³-hybridized carbons (Fsp3) is 0.111. The van der Waals surface area contributed by atoms with Crippen molar-refractivity contribution in [1.29, 1.82) is 0 Å². The van der Waals surface area contributed by atoms with Gasteiger partial charge >= 0.3 is 0 Å². The molecule has 0 spiro atoms. The minimum absolute atomic E-state index is 0.800. The SMILES string of the molecule is CNCc1ccc(-c2cccc3ccccc23)c(Cl)c1. The van der Waals surface area contributed by atoms with Crippen LogP contribution in [0.15, 0.2) is 60.7 Å². The van der Waals surface area contributed by atoms with E-state index in [2.05, 4.69) is 59.9 Å². The minimum Gasteiger partial charge on any atom is -0.316 e. The van der Waals surface area contributed by atoms with Crippen LogP contribution in [-0.4, -0.2) is 7.05 Å². The van der Waals surface area contributed by atoms with E-state index in [0.717, 1.165) is 17.1 Å². The van der Waals surface area contributed by atoms with Gasteiger partial charge in [0.2, 0.25) is 0 Å². The molecule has 0 fully saturated rings. The van der Waals surface area contributed by atoms with Gasteiger partial charge in [0.05, 0.1) is 0 Å². The lowest BCUT2D eigenvalue weighted by Gasteiger charge is -2.10. The summed E-state index contributed by atoms with van der Waals surface area (Å²) in [6, 6.07) is 21.0. The highest BCUT2D eigenvalue weighted by molar-refractivity contribution is 6.33. The molecule has 0 radical (unpaired) electrons. The summed E-state index contributed by atoms with van der Waals surface area (Å²) in [6.07, 6.45) is 0. The van der Waals surface area contributed by atoms with Crippen LogP contribution < -0.4 is 5.32 Å². The lowest BCUT2D eigenvalue weighted by molar-refractivity contribution is 0.818. The van der Waals surface area contributed by atoms with E-state index < -0.39 is 0 Å². The smallest absolute Gasteiger partial charge is 0.0487 e. The molecule has 3 aromatic carbocycles. The Labute approximate surface area is 124 Å². The van der Waals surface area contributed by atoms with Crippen molar-refractivity contribution in [2.45, 2.75) is 6.54 Å². The Kier molecular flexibility index (Phi) is 3.72. The van der Waals surface area contributed by atoms with Crippen molar-refractivity contribution in [3.8, 4) is 11.1 Å². The van der Waals surface area contributed by atoms with Gasteiger partial charge in [0.15, 0.2) is 0 Å². The first-order valence-corrected chi connectivity index (χ1v) is 7.08. The standard InChI is InChI=1S/C18H16ClN/c1-20-12-13-9-10-17(18(19)11-13)16-8-4-6-14-5-2-3-7-15(14)16/h2-11,20H,12H2,1H3.